The summed E-state index contributed by atoms with van der Waals surface area (Å²) < 4.78 is 0. The van der Waals surface area contributed by atoms with Crippen LogP contribution in [0.25, 0.3) is 0 Å². The van der Waals surface area contributed by atoms with Crippen molar-refractivity contribution in [3.8, 4) is 0 Å². The first kappa shape index (κ1) is 14.0. The van der Waals surface area contributed by atoms with Gasteiger partial charge < -0.3 is 11.1 Å². The zero-order chi connectivity index (χ0) is 14.8. The van der Waals surface area contributed by atoms with Crippen molar-refractivity contribution in [2.75, 3.05) is 11.1 Å². The quantitative estimate of drug-likeness (QED) is 0.822. The molecule has 1 aliphatic rings. The van der Waals surface area contributed by atoms with Crippen molar-refractivity contribution in [1.82, 2.24) is 0 Å². The van der Waals surface area contributed by atoms with E-state index in [0.717, 1.165) is 12.8 Å². The zero-order valence-corrected chi connectivity index (χ0v) is 12.4. The van der Waals surface area contributed by atoms with Crippen LogP contribution in [-0.2, 0) is 12.8 Å². The highest BCUT2D eigenvalue weighted by molar-refractivity contribution is 6.30. The number of anilines is 2. The normalized spacial score (nSPS) is 13.6. The summed E-state index contributed by atoms with van der Waals surface area (Å²) in [4.78, 5) is 12.4. The summed E-state index contributed by atoms with van der Waals surface area (Å²) in [5, 5.41) is 3.50. The van der Waals surface area contributed by atoms with Crippen molar-refractivity contribution in [1.29, 1.82) is 0 Å². The molecule has 1 amide bonds. The molecule has 108 valence electrons. The van der Waals surface area contributed by atoms with Gasteiger partial charge in [-0.05, 0) is 73.2 Å². The molecule has 0 fully saturated rings. The summed E-state index contributed by atoms with van der Waals surface area (Å²) in [5.74, 6) is -0.178. The van der Waals surface area contributed by atoms with Crippen LogP contribution in [0.15, 0.2) is 36.4 Å². The minimum Gasteiger partial charge on any atom is -0.398 e. The average molecular weight is 301 g/mol. The van der Waals surface area contributed by atoms with Gasteiger partial charge in [-0.25, -0.2) is 0 Å². The molecule has 1 aliphatic carbocycles. The van der Waals surface area contributed by atoms with E-state index in [2.05, 4.69) is 5.32 Å². The van der Waals surface area contributed by atoms with E-state index in [0.29, 0.717) is 22.0 Å². The number of aryl methyl sites for hydroxylation is 2. The Morgan fingerprint density at radius 1 is 1.05 bits per heavy atom. The molecule has 0 unspecified atom stereocenters. The van der Waals surface area contributed by atoms with Gasteiger partial charge in [0, 0.05) is 16.4 Å². The number of nitrogens with two attached hydrogens (primary N) is 1. The van der Waals surface area contributed by atoms with Gasteiger partial charge in [-0.1, -0.05) is 11.6 Å². The number of rotatable bonds is 2. The topological polar surface area (TPSA) is 55.1 Å². The fraction of sp³-hybridized carbons (Fsp3) is 0.235. The SMILES string of the molecule is Nc1cc2c(cc1C(=O)Nc1ccc(Cl)cc1)CCCC2. The van der Waals surface area contributed by atoms with Crippen LogP contribution in [0.3, 0.4) is 0 Å². The molecule has 21 heavy (non-hydrogen) atoms. The number of carbonyl (C=O) groups excluding carboxylic acids is 1. The number of fused-ring (bicyclic) bond motifs is 1. The van der Waals surface area contributed by atoms with Gasteiger partial charge in [0.15, 0.2) is 0 Å². The third-order valence-electron chi connectivity index (χ3n) is 3.86. The lowest BCUT2D eigenvalue weighted by Crippen LogP contribution is -2.16. The molecule has 0 heterocycles. The Labute approximate surface area is 129 Å². The number of hydrogen-bond acceptors (Lipinski definition) is 2. The summed E-state index contributed by atoms with van der Waals surface area (Å²) in [6, 6.07) is 10.9. The van der Waals surface area contributed by atoms with E-state index in [1.165, 1.54) is 24.0 Å². The van der Waals surface area contributed by atoms with E-state index in [9.17, 15) is 4.79 Å². The number of nitrogens with one attached hydrogen (secondary N) is 1. The van der Waals surface area contributed by atoms with Gasteiger partial charge >= 0.3 is 0 Å². The fourth-order valence-electron chi connectivity index (χ4n) is 2.73. The van der Waals surface area contributed by atoms with Crippen molar-refractivity contribution in [2.24, 2.45) is 0 Å². The number of carbonyl (C=O) groups is 1. The van der Waals surface area contributed by atoms with Gasteiger partial charge in [0.2, 0.25) is 0 Å². The van der Waals surface area contributed by atoms with Crippen LogP contribution in [0.2, 0.25) is 5.02 Å². The fourth-order valence-corrected chi connectivity index (χ4v) is 2.86. The minimum absolute atomic E-state index is 0.178. The van der Waals surface area contributed by atoms with Gasteiger partial charge in [-0.3, -0.25) is 4.79 Å². The van der Waals surface area contributed by atoms with Gasteiger partial charge in [-0.2, -0.15) is 0 Å². The molecule has 4 heteroatoms. The lowest BCUT2D eigenvalue weighted by molar-refractivity contribution is 0.102. The van der Waals surface area contributed by atoms with E-state index >= 15 is 0 Å². The molecule has 0 atom stereocenters. The Balaban J connectivity index is 1.85. The highest BCUT2D eigenvalue weighted by Gasteiger charge is 2.16. The first-order chi connectivity index (χ1) is 10.1. The van der Waals surface area contributed by atoms with Gasteiger partial charge in [0.05, 0.1) is 5.56 Å². The largest absolute Gasteiger partial charge is 0.398 e. The van der Waals surface area contributed by atoms with Crippen molar-refractivity contribution in [2.45, 2.75) is 25.7 Å². The van der Waals surface area contributed by atoms with Crippen LogP contribution in [0.5, 0.6) is 0 Å². The lowest BCUT2D eigenvalue weighted by atomic mass is 9.89. The van der Waals surface area contributed by atoms with Crippen LogP contribution in [-0.4, -0.2) is 5.91 Å². The number of nitrogen functional groups attached to an aromatic ring is 1. The molecule has 0 bridgehead atoms. The average Bonchev–Trinajstić information content (AvgIpc) is 2.49. The highest BCUT2D eigenvalue weighted by atomic mass is 35.5. The molecule has 0 saturated heterocycles. The smallest absolute Gasteiger partial charge is 0.257 e. The Bertz CT molecular complexity index is 680. The second-order valence-electron chi connectivity index (χ2n) is 5.38. The number of amides is 1. The minimum atomic E-state index is -0.178. The maximum Gasteiger partial charge on any atom is 0.257 e. The summed E-state index contributed by atoms with van der Waals surface area (Å²) in [7, 11) is 0. The molecule has 3 nitrogen and oxygen atoms in total. The summed E-state index contributed by atoms with van der Waals surface area (Å²) >= 11 is 5.84. The molecule has 2 aromatic rings. The standard InChI is InChI=1S/C17H17ClN2O/c18-13-5-7-14(8-6-13)20-17(21)15-9-11-3-1-2-4-12(11)10-16(15)19/h5-10H,1-4,19H2,(H,20,21). The maximum absolute atomic E-state index is 12.4. The molecule has 3 rings (SSSR count). The van der Waals surface area contributed by atoms with Crippen LogP contribution < -0.4 is 11.1 Å². The van der Waals surface area contributed by atoms with E-state index in [1.54, 1.807) is 24.3 Å². The highest BCUT2D eigenvalue weighted by Crippen LogP contribution is 2.27. The molecular formula is C17H17ClN2O. The van der Waals surface area contributed by atoms with Crippen molar-refractivity contribution >= 4 is 28.9 Å². The molecule has 0 radical (unpaired) electrons. The molecule has 0 saturated carbocycles. The van der Waals surface area contributed by atoms with Gasteiger partial charge in [0.25, 0.3) is 5.91 Å². The van der Waals surface area contributed by atoms with Crippen LogP contribution in [0.1, 0.15) is 34.3 Å². The Morgan fingerprint density at radius 2 is 1.67 bits per heavy atom. The Hall–Kier alpha value is -2.00. The molecular weight excluding hydrogens is 284 g/mol. The first-order valence-electron chi connectivity index (χ1n) is 7.11. The number of benzene rings is 2. The summed E-state index contributed by atoms with van der Waals surface area (Å²) in [6.07, 6.45) is 4.45. The third kappa shape index (κ3) is 3.03. The van der Waals surface area contributed by atoms with Crippen LogP contribution >= 0.6 is 11.6 Å². The van der Waals surface area contributed by atoms with E-state index in [4.69, 9.17) is 17.3 Å². The van der Waals surface area contributed by atoms with Crippen LogP contribution in [0.4, 0.5) is 11.4 Å². The van der Waals surface area contributed by atoms with Crippen LogP contribution in [0, 0.1) is 0 Å². The second-order valence-corrected chi connectivity index (χ2v) is 5.81. The Kier molecular flexibility index (Phi) is 3.84. The zero-order valence-electron chi connectivity index (χ0n) is 11.7. The van der Waals surface area contributed by atoms with Crippen molar-refractivity contribution in [3.05, 3.63) is 58.1 Å². The predicted molar refractivity (Wildman–Crippen MR) is 86.9 cm³/mol. The van der Waals surface area contributed by atoms with E-state index in [1.807, 2.05) is 12.1 Å². The monoisotopic (exact) mass is 300 g/mol. The summed E-state index contributed by atoms with van der Waals surface area (Å²) in [5.41, 5.74) is 10.4. The molecule has 0 aromatic heterocycles. The van der Waals surface area contributed by atoms with Crippen molar-refractivity contribution < 1.29 is 4.79 Å². The molecule has 3 N–H and O–H groups in total. The first-order valence-corrected chi connectivity index (χ1v) is 7.49. The lowest BCUT2D eigenvalue weighted by Gasteiger charge is -2.18. The number of hydrogen-bond donors (Lipinski definition) is 2. The van der Waals surface area contributed by atoms with Gasteiger partial charge in [-0.15, -0.1) is 0 Å². The summed E-state index contributed by atoms with van der Waals surface area (Å²) in [6.45, 7) is 0. The van der Waals surface area contributed by atoms with E-state index < -0.39 is 0 Å². The number of halogens is 1. The van der Waals surface area contributed by atoms with Gasteiger partial charge in [0.1, 0.15) is 0 Å². The molecule has 0 aliphatic heterocycles. The third-order valence-corrected chi connectivity index (χ3v) is 4.11. The predicted octanol–water partition coefficient (Wildman–Crippen LogP) is 4.05. The van der Waals surface area contributed by atoms with Crippen molar-refractivity contribution in [3.63, 3.8) is 0 Å². The maximum atomic E-state index is 12.4. The second kappa shape index (κ2) is 5.78. The van der Waals surface area contributed by atoms with E-state index in [-0.39, 0.29) is 5.91 Å². The molecule has 2 aromatic carbocycles. The Morgan fingerprint density at radius 3 is 2.33 bits per heavy atom. The molecule has 0 spiro atoms.